The fourth-order valence-electron chi connectivity index (χ4n) is 6.84. The van der Waals surface area contributed by atoms with E-state index in [1.165, 1.54) is 0 Å². The Morgan fingerprint density at radius 3 is 2.70 bits per heavy atom. The molecule has 4 saturated carbocycles. The molecule has 192 valence electrons. The van der Waals surface area contributed by atoms with Crippen LogP contribution in [0.3, 0.4) is 0 Å². The molecule has 10 heteroatoms. The van der Waals surface area contributed by atoms with Crippen LogP contribution in [0.1, 0.15) is 49.0 Å². The smallest absolute Gasteiger partial charge is 0.268 e. The Balaban J connectivity index is 1.23. The molecule has 1 aromatic carbocycles. The monoisotopic (exact) mass is 503 g/mol. The maximum absolute atomic E-state index is 13.6. The van der Waals surface area contributed by atoms with E-state index in [-0.39, 0.29) is 17.7 Å². The van der Waals surface area contributed by atoms with Gasteiger partial charge in [-0.15, -0.1) is 0 Å². The highest BCUT2D eigenvalue weighted by atomic mass is 16.5. The van der Waals surface area contributed by atoms with E-state index in [1.54, 1.807) is 13.2 Å². The molecular formula is C27H29N5O5. The van der Waals surface area contributed by atoms with Crippen molar-refractivity contribution in [2.45, 2.75) is 50.1 Å². The van der Waals surface area contributed by atoms with Crippen LogP contribution in [0.15, 0.2) is 24.3 Å². The fourth-order valence-corrected chi connectivity index (χ4v) is 6.84. The summed E-state index contributed by atoms with van der Waals surface area (Å²) in [5.41, 5.74) is -0.193. The SMILES string of the molecule is COc1cccc2[nH]c(C(=O)N[C@@H](CC3CC3)C(=O)NC3(C#N)CC4CCC3C3C(=O)NC(=O)C43)cc12. The molecule has 5 aliphatic rings. The number of aromatic nitrogens is 1. The highest BCUT2D eigenvalue weighted by Crippen LogP contribution is 2.55. The number of rotatable bonds is 7. The van der Waals surface area contributed by atoms with Gasteiger partial charge in [-0.05, 0) is 55.7 Å². The van der Waals surface area contributed by atoms with Gasteiger partial charge in [0.25, 0.3) is 5.91 Å². The number of fused-ring (bicyclic) bond motifs is 3. The van der Waals surface area contributed by atoms with Crippen molar-refractivity contribution in [1.29, 1.82) is 5.26 Å². The Bertz CT molecular complexity index is 1360. The van der Waals surface area contributed by atoms with E-state index in [2.05, 4.69) is 27.0 Å². The molecule has 1 aromatic heterocycles. The predicted octanol–water partition coefficient (Wildman–Crippen LogP) is 1.77. The molecule has 4 amide bonds. The van der Waals surface area contributed by atoms with Gasteiger partial charge in [0.15, 0.2) is 0 Å². The summed E-state index contributed by atoms with van der Waals surface area (Å²) in [5.74, 6) is -2.10. The van der Waals surface area contributed by atoms with Crippen LogP contribution in [0.25, 0.3) is 10.9 Å². The summed E-state index contributed by atoms with van der Waals surface area (Å²) in [6.45, 7) is 0. The van der Waals surface area contributed by atoms with Crippen molar-refractivity contribution < 1.29 is 23.9 Å². The van der Waals surface area contributed by atoms with Crippen molar-refractivity contribution in [3.05, 3.63) is 30.0 Å². The van der Waals surface area contributed by atoms with Gasteiger partial charge in [0.2, 0.25) is 17.7 Å². The number of ether oxygens (including phenoxy) is 1. The van der Waals surface area contributed by atoms with Gasteiger partial charge in [-0.3, -0.25) is 24.5 Å². The third kappa shape index (κ3) is 3.84. The second-order valence-electron chi connectivity index (χ2n) is 10.9. The summed E-state index contributed by atoms with van der Waals surface area (Å²) in [6.07, 6.45) is 4.12. The second-order valence-corrected chi connectivity index (χ2v) is 10.9. The van der Waals surface area contributed by atoms with Crippen LogP contribution >= 0.6 is 0 Å². The number of aromatic amines is 1. The van der Waals surface area contributed by atoms with E-state index >= 15 is 0 Å². The molecular weight excluding hydrogens is 474 g/mol. The summed E-state index contributed by atoms with van der Waals surface area (Å²) in [4.78, 5) is 54.9. The van der Waals surface area contributed by atoms with Gasteiger partial charge in [0, 0.05) is 16.8 Å². The molecule has 2 aromatic rings. The topological polar surface area (TPSA) is 153 Å². The van der Waals surface area contributed by atoms with Crippen LogP contribution in [-0.2, 0) is 14.4 Å². The Morgan fingerprint density at radius 1 is 1.19 bits per heavy atom. The maximum atomic E-state index is 13.6. The van der Waals surface area contributed by atoms with Crippen LogP contribution in [0.5, 0.6) is 5.75 Å². The van der Waals surface area contributed by atoms with Crippen molar-refractivity contribution >= 4 is 34.5 Å². The molecule has 4 aliphatic carbocycles. The first kappa shape index (κ1) is 23.5. The lowest BCUT2D eigenvalue weighted by Crippen LogP contribution is -2.66. The molecule has 4 N–H and O–H groups in total. The zero-order valence-corrected chi connectivity index (χ0v) is 20.5. The van der Waals surface area contributed by atoms with E-state index in [1.807, 2.05) is 18.2 Å². The first-order chi connectivity index (χ1) is 17.8. The van der Waals surface area contributed by atoms with Crippen molar-refractivity contribution in [2.24, 2.45) is 29.6 Å². The normalized spacial score (nSPS) is 30.8. The summed E-state index contributed by atoms with van der Waals surface area (Å²) in [6, 6.07) is 8.66. The van der Waals surface area contributed by atoms with Crippen LogP contribution in [0.4, 0.5) is 0 Å². The number of methoxy groups -OCH3 is 1. The average Bonchev–Trinajstić information content (AvgIpc) is 3.51. The molecule has 0 spiro atoms. The lowest BCUT2D eigenvalue weighted by molar-refractivity contribution is -0.137. The minimum absolute atomic E-state index is 0.140. The third-order valence-corrected chi connectivity index (χ3v) is 8.77. The molecule has 10 nitrogen and oxygen atoms in total. The third-order valence-electron chi connectivity index (χ3n) is 8.77. The van der Waals surface area contributed by atoms with Gasteiger partial charge in [-0.25, -0.2) is 0 Å². The highest BCUT2D eigenvalue weighted by molar-refractivity contribution is 6.06. The lowest BCUT2D eigenvalue weighted by Gasteiger charge is -2.52. The molecule has 1 saturated heterocycles. The molecule has 0 radical (unpaired) electrons. The Morgan fingerprint density at radius 2 is 1.97 bits per heavy atom. The molecule has 37 heavy (non-hydrogen) atoms. The summed E-state index contributed by atoms with van der Waals surface area (Å²) < 4.78 is 5.38. The number of nitrogens with one attached hydrogen (secondary N) is 4. The van der Waals surface area contributed by atoms with Gasteiger partial charge in [-0.2, -0.15) is 5.26 Å². The number of nitriles is 1. The van der Waals surface area contributed by atoms with Crippen LogP contribution in [0, 0.1) is 40.9 Å². The van der Waals surface area contributed by atoms with Gasteiger partial charge in [0.1, 0.15) is 23.0 Å². The first-order valence-corrected chi connectivity index (χ1v) is 12.9. The zero-order valence-electron chi connectivity index (χ0n) is 20.5. The first-order valence-electron chi connectivity index (χ1n) is 12.9. The number of H-pyrrole nitrogens is 1. The number of carbonyl (C=O) groups is 4. The van der Waals surface area contributed by atoms with E-state index < -0.39 is 41.1 Å². The van der Waals surface area contributed by atoms with Crippen molar-refractivity contribution in [3.8, 4) is 11.8 Å². The minimum Gasteiger partial charge on any atom is -0.496 e. The quantitative estimate of drug-likeness (QED) is 0.423. The molecule has 5 unspecified atom stereocenters. The second kappa shape index (κ2) is 8.61. The molecule has 5 fully saturated rings. The lowest BCUT2D eigenvalue weighted by atomic mass is 9.52. The van der Waals surface area contributed by atoms with Gasteiger partial charge < -0.3 is 20.4 Å². The molecule has 2 heterocycles. The van der Waals surface area contributed by atoms with Crippen LogP contribution < -0.4 is 20.7 Å². The highest BCUT2D eigenvalue weighted by Gasteiger charge is 2.64. The number of imide groups is 1. The number of hydrogen-bond acceptors (Lipinski definition) is 6. The van der Waals surface area contributed by atoms with Gasteiger partial charge >= 0.3 is 0 Å². The Labute approximate surface area is 213 Å². The predicted molar refractivity (Wildman–Crippen MR) is 131 cm³/mol. The summed E-state index contributed by atoms with van der Waals surface area (Å²) in [5, 5.41) is 19.3. The zero-order chi connectivity index (χ0) is 25.9. The van der Waals surface area contributed by atoms with Gasteiger partial charge in [0.05, 0.1) is 25.0 Å². The van der Waals surface area contributed by atoms with E-state index in [4.69, 9.17) is 4.74 Å². The number of carbonyl (C=O) groups excluding carboxylic acids is 4. The molecule has 6 atom stereocenters. The fraction of sp³-hybridized carbons (Fsp3) is 0.519. The molecule has 1 aliphatic heterocycles. The van der Waals surface area contributed by atoms with Gasteiger partial charge in [-0.1, -0.05) is 18.9 Å². The number of benzene rings is 1. The Hall–Kier alpha value is -3.87. The average molecular weight is 504 g/mol. The Kier molecular flexibility index (Phi) is 5.48. The van der Waals surface area contributed by atoms with E-state index in [0.717, 1.165) is 30.2 Å². The van der Waals surface area contributed by atoms with Crippen molar-refractivity contribution in [2.75, 3.05) is 7.11 Å². The molecule has 7 rings (SSSR count). The number of amides is 4. The summed E-state index contributed by atoms with van der Waals surface area (Å²) in [7, 11) is 1.56. The van der Waals surface area contributed by atoms with Crippen molar-refractivity contribution in [1.82, 2.24) is 20.9 Å². The minimum atomic E-state index is -1.25. The largest absolute Gasteiger partial charge is 0.496 e. The van der Waals surface area contributed by atoms with Crippen molar-refractivity contribution in [3.63, 3.8) is 0 Å². The van der Waals surface area contributed by atoms with E-state index in [0.29, 0.717) is 36.6 Å². The summed E-state index contributed by atoms with van der Waals surface area (Å²) >= 11 is 0. The maximum Gasteiger partial charge on any atom is 0.268 e. The molecule has 2 bridgehead atoms. The standard InChI is InChI=1S/C27H29N5O5/c1-37-20-4-2-3-17-15(20)10-19(29-17)23(33)30-18(9-13-5-6-13)24(34)32-27(12-28)11-14-7-8-16(27)22-21(14)25(35)31-26(22)36/h2-4,10,13-14,16,18,21-22,29H,5-9,11H2,1H3,(H,30,33)(H,32,34)(H,31,35,36)/t14?,16?,18-,21?,22?,27?/m0/s1. The van der Waals surface area contributed by atoms with Crippen LogP contribution in [-0.4, -0.2) is 47.3 Å². The van der Waals surface area contributed by atoms with Crippen LogP contribution in [0.2, 0.25) is 0 Å². The van der Waals surface area contributed by atoms with E-state index in [9.17, 15) is 24.4 Å². The number of hydrogen-bond donors (Lipinski definition) is 4. The number of nitrogens with zero attached hydrogens (tertiary/aromatic N) is 1.